The summed E-state index contributed by atoms with van der Waals surface area (Å²) in [5.74, 6) is 0.998. The zero-order valence-electron chi connectivity index (χ0n) is 18.9. The number of pyridine rings is 1. The fourth-order valence-electron chi connectivity index (χ4n) is 3.48. The zero-order valence-corrected chi connectivity index (χ0v) is 18.9. The monoisotopic (exact) mass is 442 g/mol. The highest BCUT2D eigenvalue weighted by atomic mass is 16.5. The molecule has 2 heterocycles. The van der Waals surface area contributed by atoms with Crippen LogP contribution in [0.3, 0.4) is 0 Å². The van der Waals surface area contributed by atoms with Crippen molar-refractivity contribution < 1.29 is 14.3 Å². The van der Waals surface area contributed by atoms with Gasteiger partial charge in [0.15, 0.2) is 17.2 Å². The number of rotatable bonds is 8. The van der Waals surface area contributed by atoms with Crippen LogP contribution in [0.5, 0.6) is 11.5 Å². The van der Waals surface area contributed by atoms with Crippen LogP contribution in [0.1, 0.15) is 40.3 Å². The van der Waals surface area contributed by atoms with Gasteiger partial charge in [-0.3, -0.25) is 9.78 Å². The van der Waals surface area contributed by atoms with E-state index in [0.29, 0.717) is 23.8 Å². The van der Waals surface area contributed by atoms with E-state index in [1.54, 1.807) is 30.3 Å². The molecule has 1 N–H and O–H groups in total. The summed E-state index contributed by atoms with van der Waals surface area (Å²) in [4.78, 5) is 16.9. The third-order valence-electron chi connectivity index (χ3n) is 5.30. The predicted molar refractivity (Wildman–Crippen MR) is 126 cm³/mol. The number of para-hydroxylation sites is 1. The number of aromatic nitrogens is 3. The molecular formula is C26H26N4O3. The highest BCUT2D eigenvalue weighted by molar-refractivity contribution is 5.92. The van der Waals surface area contributed by atoms with Crippen molar-refractivity contribution >= 4 is 5.91 Å². The molecule has 2 aromatic heterocycles. The second-order valence-corrected chi connectivity index (χ2v) is 7.67. The molecule has 7 heteroatoms. The number of benzene rings is 2. The number of hydrogen-bond donors (Lipinski definition) is 1. The van der Waals surface area contributed by atoms with Crippen LogP contribution < -0.4 is 14.8 Å². The van der Waals surface area contributed by atoms with Crippen LogP contribution in [0, 0.1) is 6.92 Å². The average molecular weight is 443 g/mol. The first-order valence-corrected chi connectivity index (χ1v) is 10.7. The predicted octanol–water partition coefficient (Wildman–Crippen LogP) is 4.65. The number of nitrogens with zero attached hydrogens (tertiary/aromatic N) is 3. The average Bonchev–Trinajstić information content (AvgIpc) is 3.25. The maximum atomic E-state index is 12.9. The summed E-state index contributed by atoms with van der Waals surface area (Å²) in [6, 6.07) is 20.7. The SMILES string of the molecule is COc1cc(C(C)NC(=O)c2cc(C)n(-c3ccccc3)n2)ccc1OCc1ccncc1. The van der Waals surface area contributed by atoms with Gasteiger partial charge < -0.3 is 14.8 Å². The second-order valence-electron chi connectivity index (χ2n) is 7.67. The molecule has 0 spiro atoms. The van der Waals surface area contributed by atoms with Crippen LogP contribution in [0.15, 0.2) is 79.1 Å². The van der Waals surface area contributed by atoms with Crippen molar-refractivity contribution in [3.8, 4) is 17.2 Å². The fourth-order valence-corrected chi connectivity index (χ4v) is 3.48. The lowest BCUT2D eigenvalue weighted by Gasteiger charge is -2.17. The number of carbonyl (C=O) groups excluding carboxylic acids is 1. The van der Waals surface area contributed by atoms with Crippen molar-refractivity contribution in [2.24, 2.45) is 0 Å². The van der Waals surface area contributed by atoms with E-state index >= 15 is 0 Å². The third-order valence-corrected chi connectivity index (χ3v) is 5.30. The molecule has 0 saturated carbocycles. The largest absolute Gasteiger partial charge is 0.493 e. The van der Waals surface area contributed by atoms with Gasteiger partial charge in [-0.15, -0.1) is 0 Å². The van der Waals surface area contributed by atoms with Crippen molar-refractivity contribution in [2.75, 3.05) is 7.11 Å². The van der Waals surface area contributed by atoms with Crippen molar-refractivity contribution in [3.63, 3.8) is 0 Å². The Morgan fingerprint density at radius 3 is 2.52 bits per heavy atom. The van der Waals surface area contributed by atoms with E-state index in [-0.39, 0.29) is 11.9 Å². The molecule has 1 atom stereocenters. The summed E-state index contributed by atoms with van der Waals surface area (Å²) in [5.41, 5.74) is 4.08. The van der Waals surface area contributed by atoms with Crippen LogP contribution in [0.2, 0.25) is 0 Å². The van der Waals surface area contributed by atoms with Crippen molar-refractivity contribution in [1.82, 2.24) is 20.1 Å². The molecule has 1 unspecified atom stereocenters. The first-order valence-electron chi connectivity index (χ1n) is 10.7. The Labute approximate surface area is 193 Å². The van der Waals surface area contributed by atoms with E-state index in [1.165, 1.54) is 0 Å². The Morgan fingerprint density at radius 2 is 1.79 bits per heavy atom. The fraction of sp³-hybridized carbons (Fsp3) is 0.192. The second kappa shape index (κ2) is 9.99. The van der Waals surface area contributed by atoms with Gasteiger partial charge in [-0.1, -0.05) is 24.3 Å². The van der Waals surface area contributed by atoms with Gasteiger partial charge >= 0.3 is 0 Å². The maximum Gasteiger partial charge on any atom is 0.272 e. The van der Waals surface area contributed by atoms with Gasteiger partial charge in [0.2, 0.25) is 0 Å². The number of hydrogen-bond acceptors (Lipinski definition) is 5. The normalized spacial score (nSPS) is 11.6. The highest BCUT2D eigenvalue weighted by Crippen LogP contribution is 2.31. The van der Waals surface area contributed by atoms with E-state index in [1.807, 2.05) is 74.5 Å². The molecule has 0 radical (unpaired) electrons. The Bertz CT molecular complexity index is 1220. The van der Waals surface area contributed by atoms with E-state index in [9.17, 15) is 4.79 Å². The minimum absolute atomic E-state index is 0.239. The first kappa shape index (κ1) is 22.1. The third kappa shape index (κ3) is 5.20. The molecule has 4 rings (SSSR count). The van der Waals surface area contributed by atoms with Crippen LogP contribution >= 0.6 is 0 Å². The molecule has 168 valence electrons. The molecule has 0 aliphatic heterocycles. The lowest BCUT2D eigenvalue weighted by Crippen LogP contribution is -2.27. The number of aryl methyl sites for hydroxylation is 1. The van der Waals surface area contributed by atoms with Crippen LogP contribution in [-0.2, 0) is 6.61 Å². The van der Waals surface area contributed by atoms with Gasteiger partial charge in [-0.05, 0) is 67.4 Å². The Hall–Kier alpha value is -4.13. The number of carbonyl (C=O) groups is 1. The Kier molecular flexibility index (Phi) is 6.69. The molecule has 0 fully saturated rings. The Balaban J connectivity index is 1.44. The topological polar surface area (TPSA) is 78.3 Å². The summed E-state index contributed by atoms with van der Waals surface area (Å²) < 4.78 is 13.2. The van der Waals surface area contributed by atoms with Gasteiger partial charge in [0.25, 0.3) is 5.91 Å². The van der Waals surface area contributed by atoms with Crippen LogP contribution in [0.4, 0.5) is 0 Å². The molecule has 4 aromatic rings. The van der Waals surface area contributed by atoms with E-state index < -0.39 is 0 Å². The quantitative estimate of drug-likeness (QED) is 0.430. The van der Waals surface area contributed by atoms with Gasteiger partial charge in [-0.2, -0.15) is 5.10 Å². The van der Waals surface area contributed by atoms with E-state index in [4.69, 9.17) is 9.47 Å². The Morgan fingerprint density at radius 1 is 1.03 bits per heavy atom. The lowest BCUT2D eigenvalue weighted by molar-refractivity contribution is 0.0934. The minimum Gasteiger partial charge on any atom is -0.493 e. The van der Waals surface area contributed by atoms with E-state index in [2.05, 4.69) is 15.4 Å². The van der Waals surface area contributed by atoms with Gasteiger partial charge in [0.05, 0.1) is 18.8 Å². The molecular weight excluding hydrogens is 416 g/mol. The number of nitrogens with one attached hydrogen (secondary N) is 1. The van der Waals surface area contributed by atoms with Crippen molar-refractivity contribution in [1.29, 1.82) is 0 Å². The van der Waals surface area contributed by atoms with Gasteiger partial charge in [-0.25, -0.2) is 4.68 Å². The number of ether oxygens (including phenoxy) is 2. The van der Waals surface area contributed by atoms with Crippen molar-refractivity contribution in [2.45, 2.75) is 26.5 Å². The first-order chi connectivity index (χ1) is 16.0. The molecule has 0 saturated heterocycles. The molecule has 7 nitrogen and oxygen atoms in total. The molecule has 33 heavy (non-hydrogen) atoms. The summed E-state index contributed by atoms with van der Waals surface area (Å²) in [5, 5.41) is 7.50. The highest BCUT2D eigenvalue weighted by Gasteiger charge is 2.17. The molecule has 0 aliphatic rings. The molecule has 0 aliphatic carbocycles. The van der Waals surface area contributed by atoms with Crippen molar-refractivity contribution in [3.05, 3.63) is 102 Å². The lowest BCUT2D eigenvalue weighted by atomic mass is 10.1. The van der Waals surface area contributed by atoms with Gasteiger partial charge in [0, 0.05) is 18.1 Å². The van der Waals surface area contributed by atoms with Crippen LogP contribution in [-0.4, -0.2) is 27.8 Å². The number of amides is 1. The van der Waals surface area contributed by atoms with Gasteiger partial charge in [0.1, 0.15) is 6.61 Å². The van der Waals surface area contributed by atoms with Crippen LogP contribution in [0.25, 0.3) is 5.69 Å². The van der Waals surface area contributed by atoms with E-state index in [0.717, 1.165) is 22.5 Å². The minimum atomic E-state index is -0.247. The molecule has 1 amide bonds. The molecule has 2 aromatic carbocycles. The number of methoxy groups -OCH3 is 1. The summed E-state index contributed by atoms with van der Waals surface area (Å²) in [7, 11) is 1.60. The maximum absolute atomic E-state index is 12.9. The summed E-state index contributed by atoms with van der Waals surface area (Å²) in [6.07, 6.45) is 3.46. The zero-order chi connectivity index (χ0) is 23.2. The summed E-state index contributed by atoms with van der Waals surface area (Å²) in [6.45, 7) is 4.26. The standard InChI is InChI=1S/C26H26N4O3/c1-18-15-23(29-30(18)22-7-5-4-6-8-22)26(31)28-19(2)21-9-10-24(25(16-21)32-3)33-17-20-11-13-27-14-12-20/h4-16,19H,17H2,1-3H3,(H,28,31). The smallest absolute Gasteiger partial charge is 0.272 e. The molecule has 0 bridgehead atoms. The summed E-state index contributed by atoms with van der Waals surface area (Å²) >= 11 is 0.